The van der Waals surface area contributed by atoms with Gasteiger partial charge in [-0.1, -0.05) is 84.9 Å². The first kappa shape index (κ1) is 19.7. The van der Waals surface area contributed by atoms with E-state index in [1.54, 1.807) is 36.4 Å². The molecule has 0 heterocycles. The van der Waals surface area contributed by atoms with Gasteiger partial charge in [-0.05, 0) is 21.5 Å². The maximum atomic E-state index is 10.7. The third kappa shape index (κ3) is 4.33. The summed E-state index contributed by atoms with van der Waals surface area (Å²) in [5.41, 5.74) is 0.496. The van der Waals surface area contributed by atoms with Crippen LogP contribution in [0.15, 0.2) is 84.9 Å². The molecule has 0 amide bonds. The molecule has 0 bridgehead atoms. The third-order valence-electron chi connectivity index (χ3n) is 4.02. The molecular weight excluding hydrogens is 339 g/mol. The first-order valence-electron chi connectivity index (χ1n) is 7.96. The van der Waals surface area contributed by atoms with Crippen LogP contribution in [-0.2, 0) is 0 Å². The molecule has 5 heteroatoms. The molecule has 4 rings (SSSR count). The van der Waals surface area contributed by atoms with Crippen molar-refractivity contribution in [2.45, 2.75) is 0 Å². The largest absolute Gasteiger partial charge is 2.00 e. The maximum absolute atomic E-state index is 10.7. The summed E-state index contributed by atoms with van der Waals surface area (Å²) in [5, 5.41) is 24.7. The van der Waals surface area contributed by atoms with Gasteiger partial charge in [-0.25, -0.2) is 0 Å². The van der Waals surface area contributed by atoms with E-state index >= 15 is 0 Å². The van der Waals surface area contributed by atoms with Gasteiger partial charge in [0.05, 0.1) is 11.9 Å². The van der Waals surface area contributed by atoms with Gasteiger partial charge in [0, 0.05) is 11.1 Å². The van der Waals surface area contributed by atoms with Gasteiger partial charge in [0.25, 0.3) is 0 Å². The second kappa shape index (κ2) is 8.67. The van der Waals surface area contributed by atoms with Crippen molar-refractivity contribution < 1.29 is 19.8 Å². The number of hydrogen-bond donors (Lipinski definition) is 0. The van der Waals surface area contributed by atoms with Gasteiger partial charge >= 0.3 is 8.41 Å². The Kier molecular flexibility index (Phi) is 6.34. The molecule has 0 N–H and O–H groups in total. The summed E-state index contributed by atoms with van der Waals surface area (Å²) < 4.78 is 0. The minimum Gasteiger partial charge on any atom is -0.545 e. The summed E-state index contributed by atoms with van der Waals surface area (Å²) in [6, 6.07) is 25.0. The van der Waals surface area contributed by atoms with Crippen LogP contribution in [0.2, 0.25) is 0 Å². The number of carboxylic acid groups (broad SMARTS) is 2. The minimum absolute atomic E-state index is 0. The third-order valence-corrected chi connectivity index (χ3v) is 4.02. The van der Waals surface area contributed by atoms with Crippen LogP contribution in [-0.4, -0.2) is 20.4 Å². The molecule has 0 saturated carbocycles. The summed E-state index contributed by atoms with van der Waals surface area (Å²) in [6.45, 7) is 0. The zero-order valence-corrected chi connectivity index (χ0v) is 14.3. The molecule has 129 valence electrons. The van der Waals surface area contributed by atoms with E-state index in [0.717, 1.165) is 21.5 Å². The fraction of sp³-hybridized carbons (Fsp3) is 0. The van der Waals surface area contributed by atoms with Crippen LogP contribution in [0.4, 0.5) is 0 Å². The second-order valence-corrected chi connectivity index (χ2v) is 5.63. The Bertz CT molecular complexity index is 1010. The molecule has 0 saturated heterocycles. The maximum Gasteiger partial charge on any atom is 2.00 e. The molecule has 4 aromatic rings. The van der Waals surface area contributed by atoms with Crippen molar-refractivity contribution in [3.05, 3.63) is 96.1 Å². The van der Waals surface area contributed by atoms with Gasteiger partial charge in [-0.15, -0.1) is 0 Å². The minimum atomic E-state index is -1.13. The van der Waals surface area contributed by atoms with E-state index in [9.17, 15) is 19.8 Å². The number of fused-ring (bicyclic) bond motifs is 2. The number of rotatable bonds is 2. The summed E-state index contributed by atoms with van der Waals surface area (Å²) in [7, 11) is 0. The Morgan fingerprint density at radius 1 is 0.519 bits per heavy atom. The standard InChI is InChI=1S/2C11H8O2.B/c2*12-11(13)10-7-3-5-8-4-1-2-6-9(8)10;/h2*1-7H,(H,12,13);/q;;+2/p-2. The Balaban J connectivity index is 0.000000187. The van der Waals surface area contributed by atoms with Crippen LogP contribution < -0.4 is 10.2 Å². The molecule has 0 aliphatic rings. The first-order chi connectivity index (χ1) is 12.6. The first-order valence-corrected chi connectivity index (χ1v) is 7.96. The van der Waals surface area contributed by atoms with Crippen molar-refractivity contribution in [3.63, 3.8) is 0 Å². The molecule has 0 aliphatic carbocycles. The average molecular weight is 353 g/mol. The van der Waals surface area contributed by atoms with Crippen LogP contribution in [0.3, 0.4) is 0 Å². The molecule has 1 radical (unpaired) electrons. The zero-order chi connectivity index (χ0) is 18.5. The quantitative estimate of drug-likeness (QED) is 0.517. The van der Waals surface area contributed by atoms with Crippen LogP contribution in [0, 0.1) is 0 Å². The van der Waals surface area contributed by atoms with Crippen molar-refractivity contribution in [1.82, 2.24) is 0 Å². The molecule has 0 aromatic heterocycles. The number of carboxylic acids is 2. The van der Waals surface area contributed by atoms with E-state index < -0.39 is 11.9 Å². The predicted molar refractivity (Wildman–Crippen MR) is 102 cm³/mol. The van der Waals surface area contributed by atoms with Crippen molar-refractivity contribution in [2.24, 2.45) is 0 Å². The molecule has 4 nitrogen and oxygen atoms in total. The van der Waals surface area contributed by atoms with E-state index in [4.69, 9.17) is 0 Å². The molecule has 27 heavy (non-hydrogen) atoms. The van der Waals surface area contributed by atoms with E-state index in [2.05, 4.69) is 0 Å². The number of hydrogen-bond acceptors (Lipinski definition) is 4. The Morgan fingerprint density at radius 3 is 1.22 bits per heavy atom. The Morgan fingerprint density at radius 2 is 0.852 bits per heavy atom. The normalized spacial score (nSPS) is 9.78. The van der Waals surface area contributed by atoms with Gasteiger partial charge in [-0.2, -0.15) is 0 Å². The summed E-state index contributed by atoms with van der Waals surface area (Å²) >= 11 is 0. The van der Waals surface area contributed by atoms with Gasteiger partial charge in [-0.3, -0.25) is 0 Å². The fourth-order valence-corrected chi connectivity index (χ4v) is 2.81. The number of carbonyl (C=O) groups excluding carboxylic acids is 2. The van der Waals surface area contributed by atoms with E-state index in [0.29, 0.717) is 0 Å². The van der Waals surface area contributed by atoms with Crippen molar-refractivity contribution >= 4 is 41.9 Å². The van der Waals surface area contributed by atoms with E-state index in [1.807, 2.05) is 48.5 Å². The summed E-state index contributed by atoms with van der Waals surface area (Å²) in [4.78, 5) is 21.4. The zero-order valence-electron chi connectivity index (χ0n) is 14.3. The van der Waals surface area contributed by atoms with Crippen LogP contribution in [0.25, 0.3) is 21.5 Å². The van der Waals surface area contributed by atoms with Crippen molar-refractivity contribution in [3.8, 4) is 0 Å². The number of aromatic carboxylic acids is 2. The van der Waals surface area contributed by atoms with Crippen molar-refractivity contribution in [1.29, 1.82) is 0 Å². The smallest absolute Gasteiger partial charge is 0.545 e. The van der Waals surface area contributed by atoms with Gasteiger partial charge in [0.15, 0.2) is 0 Å². The van der Waals surface area contributed by atoms with Crippen LogP contribution in [0.1, 0.15) is 20.7 Å². The molecule has 0 atom stereocenters. The molecule has 0 spiro atoms. The van der Waals surface area contributed by atoms with Gasteiger partial charge in [0.2, 0.25) is 0 Å². The second-order valence-electron chi connectivity index (χ2n) is 5.63. The number of carbonyl (C=O) groups is 2. The molecule has 0 fully saturated rings. The molecular formula is C22H14BO4. The van der Waals surface area contributed by atoms with Gasteiger partial charge < -0.3 is 19.8 Å². The van der Waals surface area contributed by atoms with Crippen LogP contribution in [0.5, 0.6) is 0 Å². The SMILES string of the molecule is O=C([O-])c1cccc2ccccc12.O=C([O-])c1cccc2ccccc12.[B+2]. The molecule has 4 aromatic carbocycles. The van der Waals surface area contributed by atoms with E-state index in [1.165, 1.54) is 0 Å². The Labute approximate surface area is 158 Å². The van der Waals surface area contributed by atoms with Gasteiger partial charge in [0.1, 0.15) is 0 Å². The fourth-order valence-electron chi connectivity index (χ4n) is 2.81. The predicted octanol–water partition coefficient (Wildman–Crippen LogP) is 2.03. The van der Waals surface area contributed by atoms with Crippen molar-refractivity contribution in [2.75, 3.05) is 0 Å². The topological polar surface area (TPSA) is 80.3 Å². The average Bonchev–Trinajstić information content (AvgIpc) is 2.67. The molecule has 0 aliphatic heterocycles. The number of benzene rings is 4. The van der Waals surface area contributed by atoms with Crippen LogP contribution >= 0.6 is 0 Å². The summed E-state index contributed by atoms with van der Waals surface area (Å²) in [6.07, 6.45) is 0. The summed E-state index contributed by atoms with van der Waals surface area (Å²) in [5.74, 6) is -2.26. The Hall–Kier alpha value is -3.60. The monoisotopic (exact) mass is 353 g/mol. The molecule has 0 unspecified atom stereocenters. The van der Waals surface area contributed by atoms with E-state index in [-0.39, 0.29) is 19.5 Å².